The minimum atomic E-state index is -0.0862. The quantitative estimate of drug-likeness (QED) is 0.731. The van der Waals surface area contributed by atoms with E-state index in [9.17, 15) is 4.79 Å². The lowest BCUT2D eigenvalue weighted by atomic mass is 9.74. The molecule has 6 nitrogen and oxygen atoms in total. The van der Waals surface area contributed by atoms with Crippen molar-refractivity contribution in [2.75, 3.05) is 26.2 Å². The maximum Gasteiger partial charge on any atom is 0.253 e. The summed E-state index contributed by atoms with van der Waals surface area (Å²) in [5.41, 5.74) is 1.70. The fourth-order valence-electron chi connectivity index (χ4n) is 3.90. The third-order valence-electron chi connectivity index (χ3n) is 5.52. The van der Waals surface area contributed by atoms with E-state index < -0.39 is 0 Å². The lowest BCUT2D eigenvalue weighted by molar-refractivity contribution is -0.0721. The van der Waals surface area contributed by atoms with E-state index in [1.54, 1.807) is 12.4 Å². The molecule has 1 spiro atoms. The van der Waals surface area contributed by atoms with E-state index in [1.165, 1.54) is 19.3 Å². The van der Waals surface area contributed by atoms with E-state index in [4.69, 9.17) is 4.74 Å². The van der Waals surface area contributed by atoms with Gasteiger partial charge in [0, 0.05) is 28.8 Å². The minimum absolute atomic E-state index is 0.0862. The number of hydrogen-bond acceptors (Lipinski definition) is 4. The minimum Gasteiger partial charge on any atom is -0.376 e. The van der Waals surface area contributed by atoms with Crippen LogP contribution in [0.3, 0.4) is 0 Å². The molecule has 0 bridgehead atoms. The number of rotatable bonds is 3. The number of carbonyl (C=O) groups excluding carboxylic acids is 1. The molecule has 0 saturated carbocycles. The van der Waals surface area contributed by atoms with Gasteiger partial charge in [-0.25, -0.2) is 4.98 Å². The standard InChI is InChI=1S/C18H23BrN4O2/c19-12-7-14-15(10-22-16(14)21-8-12)17(24)23-9-13-1-2-18(11-25-13)3-5-20-6-4-18/h7-8,10,13,20H,1-6,9,11H2,(H,21,22)(H,23,24). The molecule has 1 amide bonds. The number of fused-ring (bicyclic) bond motifs is 1. The molecule has 4 heterocycles. The number of nitrogens with one attached hydrogen (secondary N) is 3. The van der Waals surface area contributed by atoms with Crippen LogP contribution >= 0.6 is 15.9 Å². The summed E-state index contributed by atoms with van der Waals surface area (Å²) in [7, 11) is 0. The van der Waals surface area contributed by atoms with Crippen LogP contribution in [0.2, 0.25) is 0 Å². The van der Waals surface area contributed by atoms with Gasteiger partial charge >= 0.3 is 0 Å². The monoisotopic (exact) mass is 406 g/mol. The Kier molecular flexibility index (Phi) is 4.80. The summed E-state index contributed by atoms with van der Waals surface area (Å²) in [6.07, 6.45) is 8.14. The largest absolute Gasteiger partial charge is 0.376 e. The highest BCUT2D eigenvalue weighted by Gasteiger charge is 2.37. The summed E-state index contributed by atoms with van der Waals surface area (Å²) >= 11 is 3.40. The summed E-state index contributed by atoms with van der Waals surface area (Å²) < 4.78 is 6.93. The van der Waals surface area contributed by atoms with Crippen LogP contribution < -0.4 is 10.6 Å². The Morgan fingerprint density at radius 2 is 2.24 bits per heavy atom. The number of piperidine rings is 1. The van der Waals surface area contributed by atoms with E-state index in [0.717, 1.165) is 41.6 Å². The van der Waals surface area contributed by atoms with Crippen molar-refractivity contribution in [1.82, 2.24) is 20.6 Å². The number of ether oxygens (including phenoxy) is 1. The number of halogens is 1. The van der Waals surface area contributed by atoms with Gasteiger partial charge in [-0.15, -0.1) is 0 Å². The van der Waals surface area contributed by atoms with Crippen molar-refractivity contribution < 1.29 is 9.53 Å². The molecule has 1 unspecified atom stereocenters. The second-order valence-corrected chi connectivity index (χ2v) is 8.10. The maximum absolute atomic E-state index is 12.5. The molecule has 2 aliphatic heterocycles. The average molecular weight is 407 g/mol. The van der Waals surface area contributed by atoms with Crippen LogP contribution in [0.25, 0.3) is 11.0 Å². The lowest BCUT2D eigenvalue weighted by Crippen LogP contribution is -2.46. The molecular weight excluding hydrogens is 384 g/mol. The normalized spacial score (nSPS) is 23.0. The molecule has 2 aromatic heterocycles. The fourth-order valence-corrected chi connectivity index (χ4v) is 4.23. The predicted molar refractivity (Wildman–Crippen MR) is 99.6 cm³/mol. The first-order valence-electron chi connectivity index (χ1n) is 8.88. The van der Waals surface area contributed by atoms with E-state index >= 15 is 0 Å². The highest BCUT2D eigenvalue weighted by molar-refractivity contribution is 9.10. The first-order chi connectivity index (χ1) is 12.2. The molecule has 0 aromatic carbocycles. The van der Waals surface area contributed by atoms with Gasteiger partial charge in [-0.05, 0) is 66.2 Å². The molecule has 2 fully saturated rings. The van der Waals surface area contributed by atoms with Crippen molar-refractivity contribution in [1.29, 1.82) is 0 Å². The van der Waals surface area contributed by atoms with Gasteiger partial charge in [0.05, 0.1) is 18.3 Å². The van der Waals surface area contributed by atoms with Gasteiger partial charge in [-0.1, -0.05) is 0 Å². The van der Waals surface area contributed by atoms with Crippen LogP contribution in [0, 0.1) is 5.41 Å². The zero-order chi connectivity index (χ0) is 17.3. The van der Waals surface area contributed by atoms with E-state index in [0.29, 0.717) is 17.5 Å². The van der Waals surface area contributed by atoms with E-state index in [1.807, 2.05) is 6.07 Å². The van der Waals surface area contributed by atoms with E-state index in [-0.39, 0.29) is 12.0 Å². The smallest absolute Gasteiger partial charge is 0.253 e. The Balaban J connectivity index is 1.34. The third-order valence-corrected chi connectivity index (χ3v) is 5.95. The molecule has 25 heavy (non-hydrogen) atoms. The molecule has 2 aromatic rings. The first-order valence-corrected chi connectivity index (χ1v) is 9.68. The molecule has 134 valence electrons. The highest BCUT2D eigenvalue weighted by atomic mass is 79.9. The Morgan fingerprint density at radius 3 is 3.00 bits per heavy atom. The number of pyridine rings is 1. The summed E-state index contributed by atoms with van der Waals surface area (Å²) in [6.45, 7) is 3.56. The SMILES string of the molecule is O=C(NCC1CCC2(CCNCC2)CO1)c1c[nH]c2ncc(Br)cc12. The number of amides is 1. The molecule has 0 radical (unpaired) electrons. The molecule has 1 atom stereocenters. The molecule has 0 aliphatic carbocycles. The van der Waals surface area contributed by atoms with Crippen molar-refractivity contribution in [3.8, 4) is 0 Å². The number of hydrogen-bond donors (Lipinski definition) is 3. The molecule has 2 aliphatic rings. The second kappa shape index (κ2) is 7.05. The van der Waals surface area contributed by atoms with Gasteiger partial charge in [0.1, 0.15) is 5.65 Å². The second-order valence-electron chi connectivity index (χ2n) is 7.18. The van der Waals surface area contributed by atoms with Gasteiger partial charge in [0.25, 0.3) is 5.91 Å². The zero-order valence-electron chi connectivity index (χ0n) is 14.1. The van der Waals surface area contributed by atoms with Crippen LogP contribution in [0.5, 0.6) is 0 Å². The molecule has 3 N–H and O–H groups in total. The summed E-state index contributed by atoms with van der Waals surface area (Å²) in [5, 5.41) is 7.26. The first kappa shape index (κ1) is 17.0. The van der Waals surface area contributed by atoms with Crippen LogP contribution in [0.15, 0.2) is 22.9 Å². The zero-order valence-corrected chi connectivity index (χ0v) is 15.7. The molecule has 2 saturated heterocycles. The van der Waals surface area contributed by atoms with Crippen molar-refractivity contribution in [2.45, 2.75) is 31.8 Å². The number of aromatic amines is 1. The Morgan fingerprint density at radius 1 is 1.40 bits per heavy atom. The van der Waals surface area contributed by atoms with Crippen LogP contribution in [0.1, 0.15) is 36.0 Å². The van der Waals surface area contributed by atoms with Crippen molar-refractivity contribution in [3.63, 3.8) is 0 Å². The molecular formula is C18H23BrN4O2. The Hall–Kier alpha value is -1.44. The van der Waals surface area contributed by atoms with Gasteiger partial charge in [0.2, 0.25) is 0 Å². The van der Waals surface area contributed by atoms with Crippen LogP contribution in [-0.2, 0) is 4.74 Å². The summed E-state index contributed by atoms with van der Waals surface area (Å²) in [6, 6.07) is 1.91. The fraction of sp³-hybridized carbons (Fsp3) is 0.556. The van der Waals surface area contributed by atoms with Gasteiger partial charge < -0.3 is 20.4 Å². The summed E-state index contributed by atoms with van der Waals surface area (Å²) in [4.78, 5) is 19.8. The van der Waals surface area contributed by atoms with Crippen LogP contribution in [0.4, 0.5) is 0 Å². The maximum atomic E-state index is 12.5. The van der Waals surface area contributed by atoms with Crippen molar-refractivity contribution in [2.24, 2.45) is 5.41 Å². The topological polar surface area (TPSA) is 79.0 Å². The lowest BCUT2D eigenvalue weighted by Gasteiger charge is -2.43. The Labute approximate surface area is 155 Å². The highest BCUT2D eigenvalue weighted by Crippen LogP contribution is 2.38. The molecule has 7 heteroatoms. The Bertz CT molecular complexity index is 760. The molecule has 4 rings (SSSR count). The van der Waals surface area contributed by atoms with Gasteiger partial charge in [-0.3, -0.25) is 4.79 Å². The van der Waals surface area contributed by atoms with Crippen molar-refractivity contribution in [3.05, 3.63) is 28.5 Å². The third kappa shape index (κ3) is 3.59. The van der Waals surface area contributed by atoms with Crippen molar-refractivity contribution >= 4 is 32.9 Å². The predicted octanol–water partition coefficient (Wildman–Crippen LogP) is 2.60. The number of nitrogens with zero attached hydrogens (tertiary/aromatic N) is 1. The average Bonchev–Trinajstić information content (AvgIpc) is 3.05. The number of carbonyl (C=O) groups is 1. The number of H-pyrrole nitrogens is 1. The number of aromatic nitrogens is 2. The van der Waals surface area contributed by atoms with Gasteiger partial charge in [-0.2, -0.15) is 0 Å². The van der Waals surface area contributed by atoms with Crippen LogP contribution in [-0.4, -0.2) is 48.2 Å². The summed E-state index contributed by atoms with van der Waals surface area (Å²) in [5.74, 6) is -0.0862. The van der Waals surface area contributed by atoms with E-state index in [2.05, 4.69) is 36.5 Å². The van der Waals surface area contributed by atoms with Gasteiger partial charge in [0.15, 0.2) is 0 Å².